The number of nitrogens with one attached hydrogen (secondary N) is 2. The van der Waals surface area contributed by atoms with Crippen molar-refractivity contribution in [3.05, 3.63) is 35.6 Å². The number of ether oxygens (including phenoxy) is 1. The molecule has 7 nitrogen and oxygen atoms in total. The number of esters is 1. The maximum atomic E-state index is 12.4. The van der Waals surface area contributed by atoms with Crippen molar-refractivity contribution in [2.75, 3.05) is 0 Å². The largest absolute Gasteiger partial charge is 0.463 e. The molecule has 0 unspecified atom stereocenters. The summed E-state index contributed by atoms with van der Waals surface area (Å²) >= 11 is 0. The molecule has 132 valence electrons. The molecular weight excluding hydrogens is 322 g/mol. The number of amidine groups is 1. The Balaban J connectivity index is 1.63. The number of carbonyl (C=O) groups excluding carboxylic acids is 2. The van der Waals surface area contributed by atoms with E-state index in [1.54, 1.807) is 24.3 Å². The lowest BCUT2D eigenvalue weighted by molar-refractivity contribution is -0.147. The highest BCUT2D eigenvalue weighted by atomic mass is 16.5. The minimum atomic E-state index is -0.267. The van der Waals surface area contributed by atoms with E-state index in [2.05, 4.69) is 5.32 Å². The van der Waals surface area contributed by atoms with Gasteiger partial charge in [0, 0.05) is 23.9 Å². The van der Waals surface area contributed by atoms with E-state index in [4.69, 9.17) is 20.3 Å². The van der Waals surface area contributed by atoms with Gasteiger partial charge in [0.25, 0.3) is 5.91 Å². The Morgan fingerprint density at radius 3 is 2.60 bits per heavy atom. The van der Waals surface area contributed by atoms with Crippen LogP contribution in [0.4, 0.5) is 0 Å². The van der Waals surface area contributed by atoms with E-state index in [0.717, 1.165) is 31.1 Å². The van der Waals surface area contributed by atoms with Crippen LogP contribution in [0.25, 0.3) is 11.0 Å². The number of hydrogen-bond donors (Lipinski definition) is 3. The summed E-state index contributed by atoms with van der Waals surface area (Å²) in [5, 5.41) is 11.2. The fourth-order valence-electron chi connectivity index (χ4n) is 3.14. The Morgan fingerprint density at radius 1 is 1.24 bits per heavy atom. The monoisotopic (exact) mass is 343 g/mol. The van der Waals surface area contributed by atoms with Gasteiger partial charge in [-0.3, -0.25) is 15.0 Å². The third kappa shape index (κ3) is 3.99. The summed E-state index contributed by atoms with van der Waals surface area (Å²) in [5.74, 6) is -0.326. The third-order valence-electron chi connectivity index (χ3n) is 4.39. The predicted molar refractivity (Wildman–Crippen MR) is 92.5 cm³/mol. The molecule has 1 aromatic heterocycles. The Morgan fingerprint density at radius 2 is 1.96 bits per heavy atom. The molecule has 1 saturated carbocycles. The Hall–Kier alpha value is -2.83. The first kappa shape index (κ1) is 17.0. The molecule has 1 aliphatic rings. The Kier molecular flexibility index (Phi) is 4.74. The molecular formula is C18H21N3O4. The van der Waals surface area contributed by atoms with Gasteiger partial charge in [0.2, 0.25) is 0 Å². The summed E-state index contributed by atoms with van der Waals surface area (Å²) in [6.07, 6.45) is 2.96. The standard InChI is InChI=1S/C18H21N3O4/c1-10(22)24-14-5-3-13(4-6-14)21-18(23)16-9-12-8-11(17(19)20)2-7-15(12)25-16/h2,7-9,13-14H,3-6H2,1H3,(H3,19,20)(H,21,23)/t13-,14-. The number of fused-ring (bicyclic) bond motifs is 1. The van der Waals surface area contributed by atoms with Crippen LogP contribution in [0.5, 0.6) is 0 Å². The molecule has 0 radical (unpaired) electrons. The SMILES string of the molecule is CC(=O)O[C@H]1CC[C@H](NC(=O)c2cc3cc(C(=N)N)ccc3o2)CC1. The molecule has 0 atom stereocenters. The van der Waals surface area contributed by atoms with Crippen LogP contribution in [-0.4, -0.2) is 29.9 Å². The minimum Gasteiger partial charge on any atom is -0.463 e. The van der Waals surface area contributed by atoms with Crippen molar-refractivity contribution in [3.63, 3.8) is 0 Å². The van der Waals surface area contributed by atoms with Crippen LogP contribution in [0, 0.1) is 5.41 Å². The van der Waals surface area contributed by atoms with E-state index in [1.165, 1.54) is 6.92 Å². The molecule has 1 heterocycles. The smallest absolute Gasteiger partial charge is 0.302 e. The van der Waals surface area contributed by atoms with Gasteiger partial charge in [-0.2, -0.15) is 0 Å². The number of nitrogen functional groups attached to an aromatic ring is 1. The molecule has 1 aliphatic carbocycles. The maximum Gasteiger partial charge on any atom is 0.302 e. The molecule has 7 heteroatoms. The summed E-state index contributed by atoms with van der Waals surface area (Å²) in [4.78, 5) is 23.4. The minimum absolute atomic E-state index is 0.0290. The zero-order chi connectivity index (χ0) is 18.0. The van der Waals surface area contributed by atoms with Gasteiger partial charge < -0.3 is 20.2 Å². The molecule has 4 N–H and O–H groups in total. The van der Waals surface area contributed by atoms with E-state index in [-0.39, 0.29) is 35.6 Å². The highest BCUT2D eigenvalue weighted by Gasteiger charge is 2.25. The molecule has 1 fully saturated rings. The molecule has 2 aromatic rings. The van der Waals surface area contributed by atoms with Gasteiger partial charge in [0.1, 0.15) is 17.5 Å². The summed E-state index contributed by atoms with van der Waals surface area (Å²) in [6, 6.07) is 6.81. The van der Waals surface area contributed by atoms with E-state index in [9.17, 15) is 9.59 Å². The highest BCUT2D eigenvalue weighted by molar-refractivity contribution is 6.00. The van der Waals surface area contributed by atoms with Gasteiger partial charge >= 0.3 is 5.97 Å². The van der Waals surface area contributed by atoms with E-state index >= 15 is 0 Å². The first-order valence-corrected chi connectivity index (χ1v) is 8.28. The van der Waals surface area contributed by atoms with Crippen molar-refractivity contribution >= 4 is 28.7 Å². The van der Waals surface area contributed by atoms with Crippen LogP contribution >= 0.6 is 0 Å². The van der Waals surface area contributed by atoms with Crippen LogP contribution in [0.2, 0.25) is 0 Å². The molecule has 0 aliphatic heterocycles. The van der Waals surface area contributed by atoms with Gasteiger partial charge in [-0.05, 0) is 49.9 Å². The van der Waals surface area contributed by atoms with Crippen molar-refractivity contribution in [2.24, 2.45) is 5.73 Å². The number of nitrogens with two attached hydrogens (primary N) is 1. The van der Waals surface area contributed by atoms with Crippen LogP contribution in [-0.2, 0) is 9.53 Å². The quantitative estimate of drug-likeness (QED) is 0.447. The zero-order valence-electron chi connectivity index (χ0n) is 14.0. The number of carbonyl (C=O) groups is 2. The number of hydrogen-bond acceptors (Lipinski definition) is 5. The lowest BCUT2D eigenvalue weighted by Gasteiger charge is -2.28. The fourth-order valence-corrected chi connectivity index (χ4v) is 3.14. The zero-order valence-corrected chi connectivity index (χ0v) is 14.0. The second kappa shape index (κ2) is 6.96. The molecule has 1 amide bonds. The Labute approximate surface area is 145 Å². The summed E-state index contributed by atoms with van der Waals surface area (Å²) in [7, 11) is 0. The summed E-state index contributed by atoms with van der Waals surface area (Å²) < 4.78 is 10.8. The lowest BCUT2D eigenvalue weighted by atomic mass is 9.93. The lowest BCUT2D eigenvalue weighted by Crippen LogP contribution is -2.39. The topological polar surface area (TPSA) is 118 Å². The second-order valence-electron chi connectivity index (χ2n) is 6.33. The summed E-state index contributed by atoms with van der Waals surface area (Å²) in [6.45, 7) is 1.41. The average molecular weight is 343 g/mol. The number of amides is 1. The molecule has 0 bridgehead atoms. The van der Waals surface area contributed by atoms with Crippen LogP contribution in [0.15, 0.2) is 28.7 Å². The van der Waals surface area contributed by atoms with Crippen molar-refractivity contribution in [3.8, 4) is 0 Å². The van der Waals surface area contributed by atoms with Gasteiger partial charge in [-0.1, -0.05) is 0 Å². The van der Waals surface area contributed by atoms with Gasteiger partial charge in [0.15, 0.2) is 5.76 Å². The molecule has 3 rings (SSSR count). The molecule has 25 heavy (non-hydrogen) atoms. The Bertz CT molecular complexity index is 819. The van der Waals surface area contributed by atoms with E-state index < -0.39 is 0 Å². The van der Waals surface area contributed by atoms with Crippen LogP contribution < -0.4 is 11.1 Å². The summed E-state index contributed by atoms with van der Waals surface area (Å²) in [5.41, 5.74) is 6.64. The van der Waals surface area contributed by atoms with Crippen molar-refractivity contribution in [2.45, 2.75) is 44.8 Å². The fraction of sp³-hybridized carbons (Fsp3) is 0.389. The van der Waals surface area contributed by atoms with Crippen molar-refractivity contribution in [1.29, 1.82) is 5.41 Å². The van der Waals surface area contributed by atoms with Gasteiger partial charge in [0.05, 0.1) is 0 Å². The third-order valence-corrected chi connectivity index (χ3v) is 4.39. The van der Waals surface area contributed by atoms with E-state index in [0.29, 0.717) is 11.1 Å². The van der Waals surface area contributed by atoms with Crippen molar-refractivity contribution < 1.29 is 18.7 Å². The molecule has 1 aromatic carbocycles. The van der Waals surface area contributed by atoms with E-state index in [1.807, 2.05) is 0 Å². The molecule has 0 saturated heterocycles. The van der Waals surface area contributed by atoms with Crippen LogP contribution in [0.1, 0.15) is 48.7 Å². The highest BCUT2D eigenvalue weighted by Crippen LogP contribution is 2.24. The molecule has 0 spiro atoms. The van der Waals surface area contributed by atoms with Crippen molar-refractivity contribution in [1.82, 2.24) is 5.32 Å². The number of benzene rings is 1. The number of furan rings is 1. The maximum absolute atomic E-state index is 12.4. The van der Waals surface area contributed by atoms with Gasteiger partial charge in [-0.15, -0.1) is 0 Å². The first-order chi connectivity index (χ1) is 11.9. The second-order valence-corrected chi connectivity index (χ2v) is 6.33. The van der Waals surface area contributed by atoms with Crippen LogP contribution in [0.3, 0.4) is 0 Å². The number of rotatable bonds is 4. The van der Waals surface area contributed by atoms with Gasteiger partial charge in [-0.25, -0.2) is 0 Å². The average Bonchev–Trinajstić information content (AvgIpc) is 2.99. The predicted octanol–water partition coefficient (Wildman–Crippen LogP) is 2.32. The first-order valence-electron chi connectivity index (χ1n) is 8.28. The normalized spacial score (nSPS) is 20.2.